The van der Waals surface area contributed by atoms with Crippen molar-refractivity contribution in [3.63, 3.8) is 0 Å². The van der Waals surface area contributed by atoms with E-state index in [1.54, 1.807) is 11.3 Å². The smallest absolute Gasteiger partial charge is 0.0869 e. The molecular formula is C8H5ClINS. The molecule has 0 fully saturated rings. The molecule has 2 rings (SSSR count). The van der Waals surface area contributed by atoms with Crippen LogP contribution in [0.1, 0.15) is 0 Å². The van der Waals surface area contributed by atoms with Crippen molar-refractivity contribution in [3.05, 3.63) is 26.8 Å². The third-order valence-corrected chi connectivity index (χ3v) is 4.33. The molecule has 0 spiro atoms. The number of nitrogens with two attached hydrogens (primary N) is 1. The fraction of sp³-hybridized carbons (Fsp3) is 0. The lowest BCUT2D eigenvalue weighted by Gasteiger charge is -1.95. The SMILES string of the molecule is Nc1cc2c(I)c(Cl)ccc2s1. The Kier molecular flexibility index (Phi) is 2.18. The molecule has 1 aromatic carbocycles. The number of hydrogen-bond donors (Lipinski definition) is 1. The highest BCUT2D eigenvalue weighted by Gasteiger charge is 2.05. The highest BCUT2D eigenvalue weighted by Crippen LogP contribution is 2.34. The Hall–Kier alpha value is -0.000000000000000139. The lowest BCUT2D eigenvalue weighted by molar-refractivity contribution is 1.77. The zero-order chi connectivity index (χ0) is 8.72. The van der Waals surface area contributed by atoms with Crippen LogP contribution in [0.15, 0.2) is 18.2 Å². The van der Waals surface area contributed by atoms with Crippen molar-refractivity contribution in [2.24, 2.45) is 0 Å². The fourth-order valence-electron chi connectivity index (χ4n) is 1.07. The molecule has 0 saturated heterocycles. The van der Waals surface area contributed by atoms with Gasteiger partial charge in [0, 0.05) is 13.7 Å². The summed E-state index contributed by atoms with van der Waals surface area (Å²) in [6.07, 6.45) is 0. The maximum absolute atomic E-state index is 5.95. The maximum Gasteiger partial charge on any atom is 0.0869 e. The van der Waals surface area contributed by atoms with Gasteiger partial charge in [0.05, 0.1) is 10.0 Å². The van der Waals surface area contributed by atoms with Crippen LogP contribution < -0.4 is 5.73 Å². The van der Waals surface area contributed by atoms with E-state index in [-0.39, 0.29) is 0 Å². The van der Waals surface area contributed by atoms with E-state index in [4.69, 9.17) is 17.3 Å². The predicted molar refractivity (Wildman–Crippen MR) is 64.0 cm³/mol. The van der Waals surface area contributed by atoms with Crippen LogP contribution in [0.2, 0.25) is 5.02 Å². The first-order valence-corrected chi connectivity index (χ1v) is 5.59. The topological polar surface area (TPSA) is 26.0 Å². The van der Waals surface area contributed by atoms with Crippen molar-refractivity contribution in [1.82, 2.24) is 0 Å². The molecule has 62 valence electrons. The molecule has 0 aliphatic rings. The van der Waals surface area contributed by atoms with E-state index >= 15 is 0 Å². The predicted octanol–water partition coefficient (Wildman–Crippen LogP) is 3.74. The van der Waals surface area contributed by atoms with Gasteiger partial charge in [0.2, 0.25) is 0 Å². The lowest BCUT2D eigenvalue weighted by Crippen LogP contribution is -1.75. The minimum atomic E-state index is 0.793. The van der Waals surface area contributed by atoms with Crippen LogP contribution in [-0.2, 0) is 0 Å². The van der Waals surface area contributed by atoms with Crippen LogP contribution in [0.5, 0.6) is 0 Å². The molecule has 0 aliphatic heterocycles. The third kappa shape index (κ3) is 1.30. The van der Waals surface area contributed by atoms with Crippen molar-refractivity contribution in [3.8, 4) is 0 Å². The normalized spacial score (nSPS) is 10.8. The zero-order valence-electron chi connectivity index (χ0n) is 5.97. The van der Waals surface area contributed by atoms with Gasteiger partial charge >= 0.3 is 0 Å². The van der Waals surface area contributed by atoms with Gasteiger partial charge in [-0.15, -0.1) is 11.3 Å². The molecule has 4 heteroatoms. The zero-order valence-corrected chi connectivity index (χ0v) is 9.70. The van der Waals surface area contributed by atoms with Crippen molar-refractivity contribution in [2.45, 2.75) is 0 Å². The standard InChI is InChI=1S/C8H5ClINS/c9-5-1-2-6-4(8(5)10)3-7(11)12-6/h1-3H,11H2. The first kappa shape index (κ1) is 8.59. The molecule has 1 aromatic heterocycles. The molecule has 1 nitrogen and oxygen atoms in total. The third-order valence-electron chi connectivity index (χ3n) is 1.61. The van der Waals surface area contributed by atoms with Crippen LogP contribution >= 0.6 is 45.5 Å². The van der Waals surface area contributed by atoms with Crippen LogP contribution in [0.25, 0.3) is 10.1 Å². The minimum Gasteiger partial charge on any atom is -0.391 e. The summed E-state index contributed by atoms with van der Waals surface area (Å²) < 4.78 is 2.28. The summed E-state index contributed by atoms with van der Waals surface area (Å²) in [5.41, 5.74) is 5.68. The number of rotatable bonds is 0. The average molecular weight is 310 g/mol. The van der Waals surface area contributed by atoms with E-state index < -0.39 is 0 Å². The fourth-order valence-corrected chi connectivity index (χ4v) is 2.88. The molecule has 0 radical (unpaired) electrons. The highest BCUT2D eigenvalue weighted by molar-refractivity contribution is 14.1. The monoisotopic (exact) mass is 309 g/mol. The number of anilines is 1. The van der Waals surface area contributed by atoms with Crippen molar-refractivity contribution in [2.75, 3.05) is 5.73 Å². The average Bonchev–Trinajstić information content (AvgIpc) is 2.39. The number of fused-ring (bicyclic) bond motifs is 1. The Morgan fingerprint density at radius 1 is 1.42 bits per heavy atom. The van der Waals surface area contributed by atoms with Gasteiger partial charge in [0.1, 0.15) is 0 Å². The Labute approximate surface area is 92.7 Å². The van der Waals surface area contributed by atoms with Gasteiger partial charge in [-0.3, -0.25) is 0 Å². The molecule has 12 heavy (non-hydrogen) atoms. The number of benzene rings is 1. The van der Waals surface area contributed by atoms with Crippen molar-refractivity contribution >= 4 is 60.6 Å². The van der Waals surface area contributed by atoms with Crippen LogP contribution in [0.4, 0.5) is 5.00 Å². The molecule has 0 atom stereocenters. The number of thiophene rings is 1. The molecule has 0 saturated carbocycles. The van der Waals surface area contributed by atoms with Gasteiger partial charge in [-0.1, -0.05) is 11.6 Å². The molecule has 0 unspecified atom stereocenters. The molecular weight excluding hydrogens is 305 g/mol. The second-order valence-corrected chi connectivity index (χ2v) is 5.02. The van der Waals surface area contributed by atoms with E-state index in [1.807, 2.05) is 18.2 Å². The summed E-state index contributed by atoms with van der Waals surface area (Å²) in [5.74, 6) is 0. The van der Waals surface area contributed by atoms with Gasteiger partial charge in [0.15, 0.2) is 0 Å². The molecule has 1 heterocycles. The summed E-state index contributed by atoms with van der Waals surface area (Å²) in [5, 5.41) is 2.79. The minimum absolute atomic E-state index is 0.793. The first-order chi connectivity index (χ1) is 5.68. The second kappa shape index (κ2) is 3.05. The van der Waals surface area contributed by atoms with E-state index in [9.17, 15) is 0 Å². The van der Waals surface area contributed by atoms with E-state index in [0.29, 0.717) is 0 Å². The summed E-state index contributed by atoms with van der Waals surface area (Å²) in [6.45, 7) is 0. The van der Waals surface area contributed by atoms with Gasteiger partial charge in [-0.2, -0.15) is 0 Å². The van der Waals surface area contributed by atoms with Gasteiger partial charge in [-0.25, -0.2) is 0 Å². The van der Waals surface area contributed by atoms with Crippen molar-refractivity contribution in [1.29, 1.82) is 0 Å². The van der Waals surface area contributed by atoms with Gasteiger partial charge in [-0.05, 0) is 40.8 Å². The summed E-state index contributed by atoms with van der Waals surface area (Å²) in [4.78, 5) is 0. The van der Waals surface area contributed by atoms with E-state index in [2.05, 4.69) is 22.6 Å². The van der Waals surface area contributed by atoms with Crippen molar-refractivity contribution < 1.29 is 0 Å². The van der Waals surface area contributed by atoms with Gasteiger partial charge < -0.3 is 5.73 Å². The highest BCUT2D eigenvalue weighted by atomic mass is 127. The molecule has 2 N–H and O–H groups in total. The van der Waals surface area contributed by atoms with Crippen LogP contribution in [0, 0.1) is 3.57 Å². The first-order valence-electron chi connectivity index (χ1n) is 3.31. The van der Waals surface area contributed by atoms with Crippen LogP contribution in [0.3, 0.4) is 0 Å². The Morgan fingerprint density at radius 3 is 2.92 bits per heavy atom. The van der Waals surface area contributed by atoms with E-state index in [0.717, 1.165) is 19.0 Å². The Bertz CT molecular complexity index is 438. The molecule has 0 aliphatic carbocycles. The molecule has 2 aromatic rings. The summed E-state index contributed by atoms with van der Waals surface area (Å²) >= 11 is 9.78. The second-order valence-electron chi connectivity index (χ2n) is 2.42. The van der Waals surface area contributed by atoms with Crippen LogP contribution in [-0.4, -0.2) is 0 Å². The molecule has 0 amide bonds. The number of hydrogen-bond acceptors (Lipinski definition) is 2. The van der Waals surface area contributed by atoms with E-state index in [1.165, 1.54) is 4.70 Å². The number of halogens is 2. The summed E-state index contributed by atoms with van der Waals surface area (Å²) in [6, 6.07) is 5.87. The Morgan fingerprint density at radius 2 is 2.17 bits per heavy atom. The maximum atomic E-state index is 5.95. The molecule has 0 bridgehead atoms. The largest absolute Gasteiger partial charge is 0.391 e. The summed E-state index contributed by atoms with van der Waals surface area (Å²) in [7, 11) is 0. The quantitative estimate of drug-likeness (QED) is 0.737. The Balaban J connectivity index is 2.89. The number of nitrogen functional groups attached to an aromatic ring is 1. The van der Waals surface area contributed by atoms with Gasteiger partial charge in [0.25, 0.3) is 0 Å². The lowest BCUT2D eigenvalue weighted by atomic mass is 10.3.